The van der Waals surface area contributed by atoms with Crippen molar-refractivity contribution in [3.63, 3.8) is 0 Å². The number of esters is 1. The number of methoxy groups -OCH3 is 1. The maximum Gasteiger partial charge on any atom is 0.327 e. The molecule has 1 aliphatic carbocycles. The van der Waals surface area contributed by atoms with E-state index in [4.69, 9.17) is 4.74 Å². The van der Waals surface area contributed by atoms with Gasteiger partial charge in [0.2, 0.25) is 0 Å². The van der Waals surface area contributed by atoms with Gasteiger partial charge in [-0.05, 0) is 51.6 Å². The van der Waals surface area contributed by atoms with E-state index in [-0.39, 0.29) is 5.97 Å². The molecule has 2 fully saturated rings. The molecule has 0 aromatic carbocycles. The van der Waals surface area contributed by atoms with Crippen LogP contribution >= 0.6 is 0 Å². The number of carbonyl (C=O) groups is 1. The third kappa shape index (κ3) is 2.41. The summed E-state index contributed by atoms with van der Waals surface area (Å²) in [6, 6.07) is 0.640. The van der Waals surface area contributed by atoms with Gasteiger partial charge in [0.1, 0.15) is 5.54 Å². The number of nitrogens with one attached hydrogen (secondary N) is 1. The van der Waals surface area contributed by atoms with Crippen LogP contribution in [0.1, 0.15) is 39.0 Å². The molecule has 1 saturated heterocycles. The van der Waals surface area contributed by atoms with Gasteiger partial charge in [0.25, 0.3) is 0 Å². The molecular formula is C14H26N2O2. The van der Waals surface area contributed by atoms with Crippen molar-refractivity contribution in [2.45, 2.75) is 50.6 Å². The molecular weight excluding hydrogens is 228 g/mol. The zero-order valence-electron chi connectivity index (χ0n) is 11.9. The van der Waals surface area contributed by atoms with Crippen LogP contribution in [0.2, 0.25) is 0 Å². The van der Waals surface area contributed by atoms with Crippen molar-refractivity contribution in [3.05, 3.63) is 0 Å². The highest BCUT2D eigenvalue weighted by Crippen LogP contribution is 2.41. The Hall–Kier alpha value is -0.610. The van der Waals surface area contributed by atoms with Gasteiger partial charge < -0.3 is 10.1 Å². The summed E-state index contributed by atoms with van der Waals surface area (Å²) in [5, 5.41) is 3.28. The van der Waals surface area contributed by atoms with Crippen LogP contribution in [-0.4, -0.2) is 49.7 Å². The Bertz CT molecular complexity index is 304. The molecule has 4 nitrogen and oxygen atoms in total. The molecule has 1 saturated carbocycles. The second-order valence-corrected chi connectivity index (χ2v) is 5.66. The van der Waals surface area contributed by atoms with Crippen molar-refractivity contribution in [2.24, 2.45) is 5.92 Å². The Balaban J connectivity index is 2.11. The van der Waals surface area contributed by atoms with Gasteiger partial charge in [0.15, 0.2) is 0 Å². The number of likely N-dealkylation sites (N-methyl/N-ethyl adjacent to an activating group) is 1. The van der Waals surface area contributed by atoms with E-state index in [0.29, 0.717) is 12.0 Å². The first kappa shape index (κ1) is 13.8. The van der Waals surface area contributed by atoms with Gasteiger partial charge in [0, 0.05) is 12.6 Å². The largest absolute Gasteiger partial charge is 0.468 e. The minimum Gasteiger partial charge on any atom is -0.468 e. The smallest absolute Gasteiger partial charge is 0.327 e. The lowest BCUT2D eigenvalue weighted by molar-refractivity contribution is -0.150. The zero-order chi connectivity index (χ0) is 13.2. The SMILES string of the molecule is CCC1CCCN1CC(NC)(C(=O)OC)C1CC1. The Morgan fingerprint density at radius 1 is 1.44 bits per heavy atom. The summed E-state index contributed by atoms with van der Waals surface area (Å²) in [6.07, 6.45) is 5.97. The van der Waals surface area contributed by atoms with Crippen molar-refractivity contribution in [1.29, 1.82) is 0 Å². The minimum atomic E-state index is -0.480. The highest BCUT2D eigenvalue weighted by atomic mass is 16.5. The van der Waals surface area contributed by atoms with Crippen LogP contribution < -0.4 is 5.32 Å². The highest BCUT2D eigenvalue weighted by molar-refractivity contribution is 5.82. The first-order valence-electron chi connectivity index (χ1n) is 7.19. The van der Waals surface area contributed by atoms with Gasteiger partial charge in [-0.15, -0.1) is 0 Å². The maximum atomic E-state index is 12.2. The maximum absolute atomic E-state index is 12.2. The Labute approximate surface area is 110 Å². The summed E-state index contributed by atoms with van der Waals surface area (Å²) >= 11 is 0. The zero-order valence-corrected chi connectivity index (χ0v) is 11.9. The number of ether oxygens (including phenoxy) is 1. The molecule has 18 heavy (non-hydrogen) atoms. The Kier molecular flexibility index (Phi) is 4.28. The molecule has 0 radical (unpaired) electrons. The Morgan fingerprint density at radius 2 is 2.17 bits per heavy atom. The second-order valence-electron chi connectivity index (χ2n) is 5.66. The molecule has 4 heteroatoms. The third-order valence-corrected chi connectivity index (χ3v) is 4.69. The van der Waals surface area contributed by atoms with Gasteiger partial charge >= 0.3 is 5.97 Å². The number of hydrogen-bond donors (Lipinski definition) is 1. The van der Waals surface area contributed by atoms with Crippen LogP contribution in [0.4, 0.5) is 0 Å². The van der Waals surface area contributed by atoms with E-state index in [1.165, 1.54) is 26.4 Å². The average Bonchev–Trinajstić information content (AvgIpc) is 3.16. The molecule has 0 amide bonds. The fraction of sp³-hybridized carbons (Fsp3) is 0.929. The van der Waals surface area contributed by atoms with Crippen LogP contribution in [0.3, 0.4) is 0 Å². The fourth-order valence-corrected chi connectivity index (χ4v) is 3.39. The monoisotopic (exact) mass is 254 g/mol. The summed E-state index contributed by atoms with van der Waals surface area (Å²) < 4.78 is 5.06. The predicted molar refractivity (Wildman–Crippen MR) is 71.4 cm³/mol. The topological polar surface area (TPSA) is 41.6 Å². The summed E-state index contributed by atoms with van der Waals surface area (Å²) in [4.78, 5) is 14.7. The summed E-state index contributed by atoms with van der Waals surface area (Å²) in [5.74, 6) is 0.363. The molecule has 1 N–H and O–H groups in total. The lowest BCUT2D eigenvalue weighted by atomic mass is 9.92. The van der Waals surface area contributed by atoms with Gasteiger partial charge in [0.05, 0.1) is 7.11 Å². The molecule has 0 aromatic heterocycles. The van der Waals surface area contributed by atoms with E-state index in [0.717, 1.165) is 25.9 Å². The standard InChI is InChI=1S/C14H26N2O2/c1-4-12-6-5-9-16(12)10-14(15-2,11-7-8-11)13(17)18-3/h11-12,15H,4-10H2,1-3H3. The first-order valence-corrected chi connectivity index (χ1v) is 7.19. The highest BCUT2D eigenvalue weighted by Gasteiger charge is 2.52. The lowest BCUT2D eigenvalue weighted by Gasteiger charge is -2.37. The molecule has 0 bridgehead atoms. The lowest BCUT2D eigenvalue weighted by Crippen LogP contribution is -2.60. The van der Waals surface area contributed by atoms with Gasteiger partial charge in [-0.2, -0.15) is 0 Å². The van der Waals surface area contributed by atoms with Crippen molar-refractivity contribution in [1.82, 2.24) is 10.2 Å². The van der Waals surface area contributed by atoms with Gasteiger partial charge in [-0.1, -0.05) is 6.92 Å². The van der Waals surface area contributed by atoms with Crippen molar-refractivity contribution >= 4 is 5.97 Å². The van der Waals surface area contributed by atoms with E-state index in [9.17, 15) is 4.79 Å². The predicted octanol–water partition coefficient (Wildman–Crippen LogP) is 1.40. The average molecular weight is 254 g/mol. The summed E-state index contributed by atoms with van der Waals surface area (Å²) in [5.41, 5.74) is -0.480. The molecule has 104 valence electrons. The van der Waals surface area contributed by atoms with Crippen LogP contribution in [0, 0.1) is 5.92 Å². The summed E-state index contributed by atoms with van der Waals surface area (Å²) in [6.45, 7) is 4.16. The number of nitrogens with zero attached hydrogens (tertiary/aromatic N) is 1. The fourth-order valence-electron chi connectivity index (χ4n) is 3.39. The number of carbonyl (C=O) groups excluding carboxylic acids is 1. The van der Waals surface area contributed by atoms with E-state index in [1.807, 2.05) is 7.05 Å². The van der Waals surface area contributed by atoms with Crippen molar-refractivity contribution in [3.8, 4) is 0 Å². The molecule has 2 rings (SSSR count). The molecule has 1 heterocycles. The normalized spacial score (nSPS) is 28.1. The Morgan fingerprint density at radius 3 is 2.67 bits per heavy atom. The molecule has 1 aliphatic heterocycles. The number of hydrogen-bond acceptors (Lipinski definition) is 4. The minimum absolute atomic E-state index is 0.0887. The molecule has 0 spiro atoms. The van der Waals surface area contributed by atoms with Crippen LogP contribution in [0.25, 0.3) is 0 Å². The van der Waals surface area contributed by atoms with E-state index < -0.39 is 5.54 Å². The second kappa shape index (κ2) is 5.57. The van der Waals surface area contributed by atoms with Crippen molar-refractivity contribution in [2.75, 3.05) is 27.2 Å². The summed E-state index contributed by atoms with van der Waals surface area (Å²) in [7, 11) is 3.39. The van der Waals surface area contributed by atoms with Crippen LogP contribution in [0.5, 0.6) is 0 Å². The molecule has 2 atom stereocenters. The number of rotatable bonds is 6. The van der Waals surface area contributed by atoms with Crippen LogP contribution in [-0.2, 0) is 9.53 Å². The molecule has 0 aromatic rings. The quantitative estimate of drug-likeness (QED) is 0.728. The molecule has 2 unspecified atom stereocenters. The number of likely N-dealkylation sites (tertiary alicyclic amines) is 1. The van der Waals surface area contributed by atoms with E-state index in [2.05, 4.69) is 17.1 Å². The molecule has 2 aliphatic rings. The van der Waals surface area contributed by atoms with Crippen LogP contribution in [0.15, 0.2) is 0 Å². The van der Waals surface area contributed by atoms with E-state index >= 15 is 0 Å². The van der Waals surface area contributed by atoms with Gasteiger partial charge in [-0.3, -0.25) is 4.90 Å². The van der Waals surface area contributed by atoms with Crippen molar-refractivity contribution < 1.29 is 9.53 Å². The third-order valence-electron chi connectivity index (χ3n) is 4.69. The first-order chi connectivity index (χ1) is 8.67. The van der Waals surface area contributed by atoms with Gasteiger partial charge in [-0.25, -0.2) is 4.79 Å². The van der Waals surface area contributed by atoms with E-state index in [1.54, 1.807) is 0 Å².